The van der Waals surface area contributed by atoms with Gasteiger partial charge in [-0.25, -0.2) is 9.67 Å². The van der Waals surface area contributed by atoms with Crippen molar-refractivity contribution in [1.29, 1.82) is 0 Å². The van der Waals surface area contributed by atoms with Crippen molar-refractivity contribution in [2.45, 2.75) is 32.2 Å². The Labute approximate surface area is 159 Å². The Morgan fingerprint density at radius 1 is 1.40 bits per heavy atom. The van der Waals surface area contributed by atoms with Gasteiger partial charge in [-0.3, -0.25) is 4.79 Å². The molecule has 6 nitrogen and oxygen atoms in total. The average Bonchev–Trinajstić information content (AvgIpc) is 3.05. The molecule has 1 aromatic heterocycles. The van der Waals surface area contributed by atoms with Gasteiger partial charge in [0.15, 0.2) is 0 Å². The highest BCUT2D eigenvalue weighted by Gasteiger charge is 2.27. The molecule has 1 aliphatic heterocycles. The van der Waals surface area contributed by atoms with Gasteiger partial charge in [0.2, 0.25) is 5.82 Å². The first kappa shape index (κ1) is 19.7. The smallest absolute Gasteiger partial charge is 0.293 e. The van der Waals surface area contributed by atoms with Gasteiger partial charge in [-0.2, -0.15) is 0 Å². The molecule has 136 valence electrons. The number of hydrogen-bond acceptors (Lipinski definition) is 4. The number of hydrogen-bond donors (Lipinski definition) is 1. The molecule has 0 spiro atoms. The van der Waals surface area contributed by atoms with E-state index in [0.717, 1.165) is 30.9 Å². The number of aromatic nitrogens is 3. The molecule has 2 aromatic rings. The van der Waals surface area contributed by atoms with Crippen molar-refractivity contribution < 1.29 is 4.79 Å². The second-order valence-corrected chi connectivity index (χ2v) is 6.35. The number of carbonyl (C=O) groups excluding carboxylic acids is 1. The molecule has 1 amide bonds. The maximum absolute atomic E-state index is 12.8. The van der Waals surface area contributed by atoms with Crippen molar-refractivity contribution in [1.82, 2.24) is 25.0 Å². The molecule has 1 N–H and O–H groups in total. The first-order chi connectivity index (χ1) is 11.6. The van der Waals surface area contributed by atoms with Crippen LogP contribution in [-0.4, -0.2) is 51.8 Å². The molecule has 1 unspecified atom stereocenters. The van der Waals surface area contributed by atoms with Gasteiger partial charge in [-0.05, 0) is 32.0 Å². The molecule has 2 heterocycles. The monoisotopic (exact) mass is 383 g/mol. The minimum atomic E-state index is -0.115. The minimum Gasteiger partial charge on any atom is -0.334 e. The summed E-state index contributed by atoms with van der Waals surface area (Å²) in [6, 6.07) is 7.78. The van der Waals surface area contributed by atoms with Crippen LogP contribution in [-0.2, 0) is 6.42 Å². The zero-order valence-electron chi connectivity index (χ0n) is 14.4. The Morgan fingerprint density at radius 2 is 2.16 bits per heavy atom. The van der Waals surface area contributed by atoms with E-state index in [1.807, 2.05) is 43.1 Å². The predicted octanol–water partition coefficient (Wildman–Crippen LogP) is 2.73. The summed E-state index contributed by atoms with van der Waals surface area (Å²) in [6.07, 6.45) is 2.75. The Hall–Kier alpha value is -1.63. The SMILES string of the molecule is CCc1nc(C(=O)N2CCCC(NC)C2)nn1-c1ccccc1Cl.Cl. The van der Waals surface area contributed by atoms with Gasteiger partial charge >= 0.3 is 0 Å². The number of rotatable bonds is 4. The number of likely N-dealkylation sites (N-methyl/N-ethyl adjacent to an activating group) is 1. The zero-order chi connectivity index (χ0) is 17.1. The first-order valence-corrected chi connectivity index (χ1v) is 8.69. The van der Waals surface area contributed by atoms with Crippen molar-refractivity contribution >= 4 is 29.9 Å². The van der Waals surface area contributed by atoms with E-state index in [-0.39, 0.29) is 24.1 Å². The number of carbonyl (C=O) groups is 1. The van der Waals surface area contributed by atoms with E-state index in [1.54, 1.807) is 4.68 Å². The largest absolute Gasteiger partial charge is 0.334 e. The number of para-hydroxylation sites is 1. The third-order valence-electron chi connectivity index (χ3n) is 4.38. The van der Waals surface area contributed by atoms with Crippen LogP contribution in [0.3, 0.4) is 0 Å². The van der Waals surface area contributed by atoms with Crippen molar-refractivity contribution in [2.24, 2.45) is 0 Å². The molecule has 1 saturated heterocycles. The van der Waals surface area contributed by atoms with Crippen molar-refractivity contribution in [2.75, 3.05) is 20.1 Å². The van der Waals surface area contributed by atoms with Crippen LogP contribution < -0.4 is 5.32 Å². The van der Waals surface area contributed by atoms with Crippen LogP contribution >= 0.6 is 24.0 Å². The number of piperidine rings is 1. The molecule has 1 fully saturated rings. The first-order valence-electron chi connectivity index (χ1n) is 8.31. The molecule has 1 atom stereocenters. The fraction of sp³-hybridized carbons (Fsp3) is 0.471. The number of amides is 1. The fourth-order valence-corrected chi connectivity index (χ4v) is 3.23. The van der Waals surface area contributed by atoms with Crippen LogP contribution in [0.4, 0.5) is 0 Å². The standard InChI is InChI=1S/C17H22ClN5O.ClH/c1-3-15-20-16(17(24)22-10-6-7-12(11-22)19-2)21-23(15)14-9-5-4-8-13(14)18;/h4-5,8-9,12,19H,3,6-7,10-11H2,1-2H3;1H. The van der Waals surface area contributed by atoms with E-state index in [4.69, 9.17) is 11.6 Å². The van der Waals surface area contributed by atoms with Crippen LogP contribution in [0.2, 0.25) is 5.02 Å². The molecule has 0 bridgehead atoms. The lowest BCUT2D eigenvalue weighted by atomic mass is 10.1. The van der Waals surface area contributed by atoms with Crippen LogP contribution in [0.1, 0.15) is 36.2 Å². The third kappa shape index (κ3) is 4.14. The van der Waals surface area contributed by atoms with Gasteiger partial charge in [-0.15, -0.1) is 17.5 Å². The van der Waals surface area contributed by atoms with Crippen molar-refractivity contribution in [3.63, 3.8) is 0 Å². The molecule has 0 saturated carbocycles. The summed E-state index contributed by atoms with van der Waals surface area (Å²) in [5.74, 6) is 0.854. The Bertz CT molecular complexity index is 734. The number of nitrogens with one attached hydrogen (secondary N) is 1. The Balaban J connectivity index is 0.00000225. The van der Waals surface area contributed by atoms with Crippen LogP contribution in [0.25, 0.3) is 5.69 Å². The van der Waals surface area contributed by atoms with E-state index < -0.39 is 0 Å². The summed E-state index contributed by atoms with van der Waals surface area (Å²) in [5.41, 5.74) is 0.745. The second kappa shape index (κ2) is 8.65. The molecule has 8 heteroatoms. The Morgan fingerprint density at radius 3 is 2.84 bits per heavy atom. The average molecular weight is 384 g/mol. The lowest BCUT2D eigenvalue weighted by Crippen LogP contribution is -2.47. The van der Waals surface area contributed by atoms with E-state index in [2.05, 4.69) is 15.4 Å². The second-order valence-electron chi connectivity index (χ2n) is 5.95. The Kier molecular flexibility index (Phi) is 6.81. The van der Waals surface area contributed by atoms with Gasteiger partial charge < -0.3 is 10.2 Å². The normalized spacial score (nSPS) is 17.2. The van der Waals surface area contributed by atoms with Crippen molar-refractivity contribution in [3.05, 3.63) is 40.9 Å². The topological polar surface area (TPSA) is 63.1 Å². The number of nitrogens with zero attached hydrogens (tertiary/aromatic N) is 4. The molecular formula is C17H23Cl2N5O. The van der Waals surface area contributed by atoms with Crippen molar-refractivity contribution in [3.8, 4) is 5.69 Å². The number of benzene rings is 1. The summed E-state index contributed by atoms with van der Waals surface area (Å²) >= 11 is 6.27. The van der Waals surface area contributed by atoms with E-state index in [0.29, 0.717) is 24.0 Å². The fourth-order valence-electron chi connectivity index (χ4n) is 3.02. The lowest BCUT2D eigenvalue weighted by molar-refractivity contribution is 0.0686. The van der Waals surface area contributed by atoms with Gasteiger partial charge in [-0.1, -0.05) is 30.7 Å². The quantitative estimate of drug-likeness (QED) is 0.881. The third-order valence-corrected chi connectivity index (χ3v) is 4.70. The van der Waals surface area contributed by atoms with Crippen LogP contribution in [0.5, 0.6) is 0 Å². The number of halogens is 2. The van der Waals surface area contributed by atoms with E-state index in [9.17, 15) is 4.79 Å². The summed E-state index contributed by atoms with van der Waals surface area (Å²) in [4.78, 5) is 19.1. The molecular weight excluding hydrogens is 361 g/mol. The number of aryl methyl sites for hydroxylation is 1. The van der Waals surface area contributed by atoms with Gasteiger partial charge in [0.25, 0.3) is 5.91 Å². The van der Waals surface area contributed by atoms with Gasteiger partial charge in [0.1, 0.15) is 5.82 Å². The molecule has 0 radical (unpaired) electrons. The summed E-state index contributed by atoms with van der Waals surface area (Å²) in [5, 5.41) is 8.28. The molecule has 3 rings (SSSR count). The molecule has 0 aliphatic carbocycles. The van der Waals surface area contributed by atoms with E-state index in [1.165, 1.54) is 0 Å². The minimum absolute atomic E-state index is 0. The number of likely N-dealkylation sites (tertiary alicyclic amines) is 1. The molecule has 1 aliphatic rings. The maximum atomic E-state index is 12.8. The summed E-state index contributed by atoms with van der Waals surface area (Å²) in [7, 11) is 1.93. The highest BCUT2D eigenvalue weighted by atomic mass is 35.5. The highest BCUT2D eigenvalue weighted by molar-refractivity contribution is 6.32. The highest BCUT2D eigenvalue weighted by Crippen LogP contribution is 2.21. The lowest BCUT2D eigenvalue weighted by Gasteiger charge is -2.31. The summed E-state index contributed by atoms with van der Waals surface area (Å²) in [6.45, 7) is 3.43. The molecule has 1 aromatic carbocycles. The maximum Gasteiger partial charge on any atom is 0.293 e. The summed E-state index contributed by atoms with van der Waals surface area (Å²) < 4.78 is 1.68. The zero-order valence-corrected chi connectivity index (χ0v) is 16.0. The molecule has 25 heavy (non-hydrogen) atoms. The van der Waals surface area contributed by atoms with Crippen LogP contribution in [0, 0.1) is 0 Å². The van der Waals surface area contributed by atoms with Gasteiger partial charge in [0, 0.05) is 25.6 Å². The van der Waals surface area contributed by atoms with Crippen LogP contribution in [0.15, 0.2) is 24.3 Å². The van der Waals surface area contributed by atoms with Gasteiger partial charge in [0.05, 0.1) is 10.7 Å². The predicted molar refractivity (Wildman–Crippen MR) is 101 cm³/mol. The van der Waals surface area contributed by atoms with E-state index >= 15 is 0 Å².